The van der Waals surface area contributed by atoms with Crippen molar-refractivity contribution in [2.45, 2.75) is 96.5 Å². The molecule has 0 saturated carbocycles. The summed E-state index contributed by atoms with van der Waals surface area (Å²) in [7, 11) is 0. The van der Waals surface area contributed by atoms with Gasteiger partial charge in [-0.3, -0.25) is 24.0 Å². The lowest BCUT2D eigenvalue weighted by Gasteiger charge is -2.28. The highest BCUT2D eigenvalue weighted by molar-refractivity contribution is 5.93. The lowest BCUT2D eigenvalue weighted by molar-refractivity contribution is -0.147. The number of carbonyl (C=O) groups is 4. The summed E-state index contributed by atoms with van der Waals surface area (Å²) in [6.45, 7) is 9.37. The highest BCUT2D eigenvalue weighted by Crippen LogP contribution is 2.20. The van der Waals surface area contributed by atoms with Gasteiger partial charge < -0.3 is 27.4 Å². The smallest absolute Gasteiger partial charge is 0.260 e. The number of hydrogen-bond donors (Lipinski definition) is 5. The third-order valence-corrected chi connectivity index (χ3v) is 5.25. The molecule has 1 aliphatic rings. The van der Waals surface area contributed by atoms with Crippen LogP contribution in [0.5, 0.6) is 0 Å². The number of nitrogens with two attached hydrogens (primary N) is 3. The molecule has 0 aromatic rings. The van der Waals surface area contributed by atoms with Gasteiger partial charge in [-0.2, -0.15) is 0 Å². The zero-order chi connectivity index (χ0) is 24.6. The van der Waals surface area contributed by atoms with Gasteiger partial charge in [-0.05, 0) is 58.8 Å². The lowest BCUT2D eigenvalue weighted by Crippen LogP contribution is -2.55. The molecular formula is C21H40N6O5. The molecule has 11 nitrogen and oxygen atoms in total. The van der Waals surface area contributed by atoms with Crippen molar-refractivity contribution in [1.82, 2.24) is 15.7 Å². The number of carbonyl (C=O) groups excluding carboxylic acids is 4. The number of primary amides is 1. The minimum absolute atomic E-state index is 0.167. The molecule has 4 amide bonds. The summed E-state index contributed by atoms with van der Waals surface area (Å²) >= 11 is 0. The fourth-order valence-electron chi connectivity index (χ4n) is 3.42. The molecular weight excluding hydrogens is 416 g/mol. The van der Waals surface area contributed by atoms with Gasteiger partial charge in [0.05, 0.1) is 17.7 Å². The molecule has 0 radical (unpaired) electrons. The molecule has 0 bridgehead atoms. The maximum absolute atomic E-state index is 12.8. The third kappa shape index (κ3) is 8.71. The first-order chi connectivity index (χ1) is 14.7. The quantitative estimate of drug-likeness (QED) is 0.254. The van der Waals surface area contributed by atoms with Gasteiger partial charge in [0.15, 0.2) is 0 Å². The lowest BCUT2D eigenvalue weighted by atomic mass is 10.0. The van der Waals surface area contributed by atoms with E-state index in [0.29, 0.717) is 38.6 Å². The molecule has 0 aromatic heterocycles. The first-order valence-electron chi connectivity index (χ1n) is 11.1. The van der Waals surface area contributed by atoms with E-state index in [1.165, 1.54) is 4.90 Å². The summed E-state index contributed by atoms with van der Waals surface area (Å²) in [6, 6.07) is -3.09. The summed E-state index contributed by atoms with van der Waals surface area (Å²) in [5.74, 6) is -1.96. The Kier molecular flexibility index (Phi) is 10.5. The van der Waals surface area contributed by atoms with Gasteiger partial charge in [0, 0.05) is 6.54 Å². The predicted octanol–water partition coefficient (Wildman–Crippen LogP) is -0.725. The number of hydrogen-bond acceptors (Lipinski definition) is 7. The number of rotatable bonds is 11. The first-order valence-corrected chi connectivity index (χ1v) is 11.1. The Bertz CT molecular complexity index is 678. The fraction of sp³-hybridized carbons (Fsp3) is 0.810. The van der Waals surface area contributed by atoms with Gasteiger partial charge in [-0.25, -0.2) is 5.48 Å². The molecule has 1 rings (SSSR count). The Morgan fingerprint density at radius 3 is 2.22 bits per heavy atom. The van der Waals surface area contributed by atoms with Crippen LogP contribution in [0.4, 0.5) is 0 Å². The molecule has 32 heavy (non-hydrogen) atoms. The van der Waals surface area contributed by atoms with E-state index in [9.17, 15) is 19.2 Å². The van der Waals surface area contributed by atoms with Gasteiger partial charge in [-0.1, -0.05) is 13.8 Å². The topological polar surface area (TPSA) is 183 Å². The summed E-state index contributed by atoms with van der Waals surface area (Å²) in [5.41, 5.74) is 19.1. The van der Waals surface area contributed by atoms with Gasteiger partial charge in [0.25, 0.3) is 5.91 Å². The first kappa shape index (κ1) is 27.8. The molecule has 11 heteroatoms. The van der Waals surface area contributed by atoms with Crippen molar-refractivity contribution in [2.24, 2.45) is 23.1 Å². The monoisotopic (exact) mass is 456 g/mol. The molecule has 1 fully saturated rings. The normalized spacial score (nSPS) is 19.4. The molecule has 8 N–H and O–H groups in total. The molecule has 0 spiro atoms. The van der Waals surface area contributed by atoms with Crippen LogP contribution in [0.1, 0.15) is 66.7 Å². The number of nitrogens with one attached hydrogen (secondary N) is 2. The second-order valence-corrected chi connectivity index (χ2v) is 9.65. The van der Waals surface area contributed by atoms with Crippen molar-refractivity contribution in [3.8, 4) is 0 Å². The molecule has 0 aliphatic carbocycles. The van der Waals surface area contributed by atoms with Crippen LogP contribution in [0.15, 0.2) is 0 Å². The minimum atomic E-state index is -0.818. The Labute approximate surface area is 190 Å². The standard InChI is InChI=1S/C21H40N6O5/c1-12(2)16(17(24)28)25-19(30)15-10-7-11-27(15)20(31)14(23)9-6-8-13(22)18(29)26-32-21(3,4)5/h12-16H,6-11,22-23H2,1-5H3,(H2,24,28)(H,25,30)(H,26,29)/t13?,14-,15-,16-/m0/s1. The number of amides is 4. The third-order valence-electron chi connectivity index (χ3n) is 5.25. The van der Waals surface area contributed by atoms with Gasteiger partial charge in [0.2, 0.25) is 17.7 Å². The molecule has 1 heterocycles. The second-order valence-electron chi connectivity index (χ2n) is 9.65. The number of hydroxylamine groups is 1. The van der Waals surface area contributed by atoms with Crippen LogP contribution in [0.2, 0.25) is 0 Å². The van der Waals surface area contributed by atoms with Crippen LogP contribution in [0.25, 0.3) is 0 Å². The van der Waals surface area contributed by atoms with Crippen LogP contribution < -0.4 is 28.0 Å². The van der Waals surface area contributed by atoms with E-state index in [1.54, 1.807) is 34.6 Å². The van der Waals surface area contributed by atoms with Gasteiger partial charge >= 0.3 is 0 Å². The highest BCUT2D eigenvalue weighted by atomic mass is 16.7. The zero-order valence-corrected chi connectivity index (χ0v) is 19.8. The van der Waals surface area contributed by atoms with Crippen LogP contribution in [0.3, 0.4) is 0 Å². The van der Waals surface area contributed by atoms with Crippen LogP contribution in [-0.2, 0) is 24.0 Å². The van der Waals surface area contributed by atoms with E-state index in [-0.39, 0.29) is 11.8 Å². The Balaban J connectivity index is 2.55. The Morgan fingerprint density at radius 1 is 1.09 bits per heavy atom. The maximum atomic E-state index is 12.8. The van der Waals surface area contributed by atoms with Crippen molar-refractivity contribution >= 4 is 23.6 Å². The molecule has 4 atom stereocenters. The Morgan fingerprint density at radius 2 is 1.69 bits per heavy atom. The van der Waals surface area contributed by atoms with Crippen molar-refractivity contribution in [1.29, 1.82) is 0 Å². The molecule has 184 valence electrons. The zero-order valence-electron chi connectivity index (χ0n) is 19.8. The van der Waals surface area contributed by atoms with Gasteiger partial charge in [0.1, 0.15) is 12.1 Å². The second kappa shape index (κ2) is 12.1. The van der Waals surface area contributed by atoms with Crippen LogP contribution >= 0.6 is 0 Å². The van der Waals surface area contributed by atoms with Crippen molar-refractivity contribution < 1.29 is 24.0 Å². The van der Waals surface area contributed by atoms with E-state index in [0.717, 1.165) is 0 Å². The fourth-order valence-corrected chi connectivity index (χ4v) is 3.42. The average Bonchev–Trinajstić information content (AvgIpc) is 3.17. The summed E-state index contributed by atoms with van der Waals surface area (Å²) in [4.78, 5) is 55.7. The van der Waals surface area contributed by atoms with E-state index in [4.69, 9.17) is 22.0 Å². The SMILES string of the molecule is CC(C)[C@H](NC(=O)[C@@H]1CCCN1C(=O)[C@@H](N)CCCC(N)C(=O)NOC(C)(C)C)C(N)=O. The molecule has 1 saturated heterocycles. The Hall–Kier alpha value is -2.24. The van der Waals surface area contributed by atoms with E-state index in [2.05, 4.69) is 10.8 Å². The van der Waals surface area contributed by atoms with E-state index in [1.807, 2.05) is 0 Å². The number of nitrogens with zero attached hydrogens (tertiary/aromatic N) is 1. The van der Waals surface area contributed by atoms with Crippen LogP contribution in [-0.4, -0.2) is 64.8 Å². The summed E-state index contributed by atoms with van der Waals surface area (Å²) in [5, 5.41) is 2.65. The maximum Gasteiger partial charge on any atom is 0.260 e. The van der Waals surface area contributed by atoms with E-state index < -0.39 is 47.5 Å². The highest BCUT2D eigenvalue weighted by Gasteiger charge is 2.37. The summed E-state index contributed by atoms with van der Waals surface area (Å²) < 4.78 is 0. The largest absolute Gasteiger partial charge is 0.368 e. The molecule has 1 unspecified atom stereocenters. The van der Waals surface area contributed by atoms with Crippen molar-refractivity contribution in [3.05, 3.63) is 0 Å². The van der Waals surface area contributed by atoms with Crippen LogP contribution in [0, 0.1) is 5.92 Å². The van der Waals surface area contributed by atoms with Crippen molar-refractivity contribution in [3.63, 3.8) is 0 Å². The predicted molar refractivity (Wildman–Crippen MR) is 119 cm³/mol. The number of likely N-dealkylation sites (tertiary alicyclic amines) is 1. The van der Waals surface area contributed by atoms with Gasteiger partial charge in [-0.15, -0.1) is 0 Å². The van der Waals surface area contributed by atoms with E-state index >= 15 is 0 Å². The molecule has 1 aliphatic heterocycles. The minimum Gasteiger partial charge on any atom is -0.368 e. The van der Waals surface area contributed by atoms with Crippen molar-refractivity contribution in [2.75, 3.05) is 6.54 Å². The average molecular weight is 457 g/mol. The molecule has 0 aromatic carbocycles. The summed E-state index contributed by atoms with van der Waals surface area (Å²) in [6.07, 6.45) is 2.27.